The normalized spacial score (nSPS) is 18.3. The molecule has 0 bridgehead atoms. The van der Waals surface area contributed by atoms with Crippen LogP contribution in [-0.2, 0) is 0 Å². The second-order valence-electron chi connectivity index (χ2n) is 5.01. The molecule has 1 aromatic rings. The number of rotatable bonds is 4. The summed E-state index contributed by atoms with van der Waals surface area (Å²) in [4.78, 5) is 13.6. The van der Waals surface area contributed by atoms with E-state index in [9.17, 15) is 4.79 Å². The van der Waals surface area contributed by atoms with Crippen LogP contribution in [0.5, 0.6) is 0 Å². The van der Waals surface area contributed by atoms with Crippen LogP contribution in [0, 0.1) is 0 Å². The Morgan fingerprint density at radius 2 is 2.32 bits per heavy atom. The van der Waals surface area contributed by atoms with Gasteiger partial charge in [0.2, 0.25) is 0 Å². The first-order valence-electron chi connectivity index (χ1n) is 6.64. The summed E-state index contributed by atoms with van der Waals surface area (Å²) in [6, 6.07) is 0.0902. The van der Waals surface area contributed by atoms with Gasteiger partial charge in [-0.3, -0.25) is 4.79 Å². The molecule has 106 valence electrons. The number of likely N-dealkylation sites (N-methyl/N-ethyl adjacent to an activating group) is 1. The number of aliphatic hydroxyl groups excluding tert-OH is 1. The predicted molar refractivity (Wildman–Crippen MR) is 69.8 cm³/mol. The summed E-state index contributed by atoms with van der Waals surface area (Å²) in [7, 11) is 1.66. The zero-order valence-corrected chi connectivity index (χ0v) is 11.4. The minimum absolute atomic E-state index is 0.0648. The summed E-state index contributed by atoms with van der Waals surface area (Å²) in [6.45, 7) is 3.66. The molecule has 0 aliphatic carbocycles. The monoisotopic (exact) mass is 267 g/mol. The number of aromatic nitrogens is 3. The lowest BCUT2D eigenvalue weighted by Gasteiger charge is -2.22. The maximum Gasteiger partial charge on any atom is 0.276 e. The molecule has 1 fully saturated rings. The number of amides is 1. The quantitative estimate of drug-likeness (QED) is 0.779. The molecule has 7 nitrogen and oxygen atoms in total. The van der Waals surface area contributed by atoms with Gasteiger partial charge in [-0.2, -0.15) is 0 Å². The molecule has 0 spiro atoms. The third-order valence-corrected chi connectivity index (χ3v) is 3.66. The van der Waals surface area contributed by atoms with Gasteiger partial charge in [0.05, 0.1) is 24.9 Å². The van der Waals surface area contributed by atoms with Gasteiger partial charge >= 0.3 is 0 Å². The number of hydrogen-bond acceptors (Lipinski definition) is 5. The standard InChI is InChI=1S/C12H21N5O2/c1-9(8-18)16(2)12(19)11-7-17(15-14-11)10-3-5-13-6-4-10/h7,9-10,13,18H,3-6,8H2,1-2H3. The van der Waals surface area contributed by atoms with E-state index in [1.807, 2.05) is 0 Å². The van der Waals surface area contributed by atoms with Gasteiger partial charge in [-0.05, 0) is 32.9 Å². The van der Waals surface area contributed by atoms with Crippen molar-refractivity contribution >= 4 is 5.91 Å². The Labute approximate surface area is 112 Å². The van der Waals surface area contributed by atoms with E-state index < -0.39 is 0 Å². The molecule has 2 N–H and O–H groups in total. The maximum absolute atomic E-state index is 12.1. The molecule has 0 saturated carbocycles. The average molecular weight is 267 g/mol. The molecule has 1 aliphatic heterocycles. The largest absolute Gasteiger partial charge is 0.394 e. The van der Waals surface area contributed by atoms with E-state index >= 15 is 0 Å². The van der Waals surface area contributed by atoms with E-state index in [4.69, 9.17) is 5.11 Å². The predicted octanol–water partition coefficient (Wildman–Crippen LogP) is -0.345. The van der Waals surface area contributed by atoms with Gasteiger partial charge in [0, 0.05) is 7.05 Å². The highest BCUT2D eigenvalue weighted by Gasteiger charge is 2.22. The van der Waals surface area contributed by atoms with Gasteiger partial charge in [0.15, 0.2) is 5.69 Å². The summed E-state index contributed by atoms with van der Waals surface area (Å²) < 4.78 is 1.78. The third-order valence-electron chi connectivity index (χ3n) is 3.66. The molecular weight excluding hydrogens is 246 g/mol. The van der Waals surface area contributed by atoms with E-state index in [1.54, 1.807) is 24.9 Å². The average Bonchev–Trinajstić information content (AvgIpc) is 2.95. The lowest BCUT2D eigenvalue weighted by molar-refractivity contribution is 0.0676. The first-order valence-corrected chi connectivity index (χ1v) is 6.64. The number of aliphatic hydroxyl groups is 1. The van der Waals surface area contributed by atoms with Gasteiger partial charge in [-0.25, -0.2) is 4.68 Å². The number of carbonyl (C=O) groups excluding carboxylic acids is 1. The molecule has 19 heavy (non-hydrogen) atoms. The van der Waals surface area contributed by atoms with E-state index in [-0.39, 0.29) is 18.6 Å². The summed E-state index contributed by atoms with van der Waals surface area (Å²) in [5.74, 6) is -0.207. The van der Waals surface area contributed by atoms with Crippen molar-refractivity contribution in [2.24, 2.45) is 0 Å². The van der Waals surface area contributed by atoms with Crippen LogP contribution in [-0.4, -0.2) is 63.7 Å². The Morgan fingerprint density at radius 1 is 1.63 bits per heavy atom. The van der Waals surface area contributed by atoms with Crippen molar-refractivity contribution in [2.45, 2.75) is 31.8 Å². The topological polar surface area (TPSA) is 83.3 Å². The van der Waals surface area contributed by atoms with E-state index in [1.165, 1.54) is 4.90 Å². The fourth-order valence-electron chi connectivity index (χ4n) is 2.13. The van der Waals surface area contributed by atoms with Crippen molar-refractivity contribution in [1.29, 1.82) is 0 Å². The van der Waals surface area contributed by atoms with Crippen LogP contribution in [0.25, 0.3) is 0 Å². The molecular formula is C12H21N5O2. The molecule has 7 heteroatoms. The van der Waals surface area contributed by atoms with Crippen LogP contribution in [0.2, 0.25) is 0 Å². The van der Waals surface area contributed by atoms with Crippen molar-refractivity contribution < 1.29 is 9.90 Å². The number of hydrogen-bond donors (Lipinski definition) is 2. The van der Waals surface area contributed by atoms with Gasteiger partial charge < -0.3 is 15.3 Å². The van der Waals surface area contributed by atoms with Crippen molar-refractivity contribution in [3.05, 3.63) is 11.9 Å². The maximum atomic E-state index is 12.1. The van der Waals surface area contributed by atoms with Crippen LogP contribution >= 0.6 is 0 Å². The Bertz CT molecular complexity index is 428. The lowest BCUT2D eigenvalue weighted by Crippen LogP contribution is -2.37. The van der Waals surface area contributed by atoms with E-state index in [0.717, 1.165) is 25.9 Å². The molecule has 0 radical (unpaired) electrons. The van der Waals surface area contributed by atoms with Gasteiger partial charge in [-0.15, -0.1) is 5.10 Å². The molecule has 1 atom stereocenters. The highest BCUT2D eigenvalue weighted by Crippen LogP contribution is 2.17. The second-order valence-corrected chi connectivity index (χ2v) is 5.01. The molecule has 1 aliphatic rings. The first kappa shape index (κ1) is 14.0. The Kier molecular flexibility index (Phi) is 4.49. The molecule has 1 saturated heterocycles. The SMILES string of the molecule is CC(CO)N(C)C(=O)c1cn(C2CCNCC2)nn1. The Hall–Kier alpha value is -1.47. The van der Waals surface area contributed by atoms with Crippen molar-refractivity contribution in [3.8, 4) is 0 Å². The fraction of sp³-hybridized carbons (Fsp3) is 0.750. The molecule has 2 heterocycles. The smallest absolute Gasteiger partial charge is 0.276 e. The van der Waals surface area contributed by atoms with Crippen LogP contribution in [0.15, 0.2) is 6.20 Å². The lowest BCUT2D eigenvalue weighted by atomic mass is 10.1. The third kappa shape index (κ3) is 3.10. The van der Waals surface area contributed by atoms with Crippen LogP contribution < -0.4 is 5.32 Å². The number of nitrogens with zero attached hydrogens (tertiary/aromatic N) is 4. The fourth-order valence-corrected chi connectivity index (χ4v) is 2.13. The highest BCUT2D eigenvalue weighted by molar-refractivity contribution is 5.91. The second kappa shape index (κ2) is 6.12. The molecule has 1 amide bonds. The Balaban J connectivity index is 2.05. The number of carbonyl (C=O) groups is 1. The summed E-state index contributed by atoms with van der Waals surface area (Å²) in [5, 5.41) is 20.4. The minimum Gasteiger partial charge on any atom is -0.394 e. The summed E-state index contributed by atoms with van der Waals surface area (Å²) in [5.41, 5.74) is 0.335. The Morgan fingerprint density at radius 3 is 2.95 bits per heavy atom. The number of nitrogens with one attached hydrogen (secondary N) is 1. The summed E-state index contributed by atoms with van der Waals surface area (Å²) >= 11 is 0. The number of piperidine rings is 1. The summed E-state index contributed by atoms with van der Waals surface area (Å²) in [6.07, 6.45) is 3.71. The van der Waals surface area contributed by atoms with Crippen LogP contribution in [0.4, 0.5) is 0 Å². The van der Waals surface area contributed by atoms with Crippen molar-refractivity contribution in [3.63, 3.8) is 0 Å². The molecule has 0 aromatic carbocycles. The van der Waals surface area contributed by atoms with Gasteiger partial charge in [-0.1, -0.05) is 5.21 Å². The zero-order chi connectivity index (χ0) is 13.8. The van der Waals surface area contributed by atoms with Crippen molar-refractivity contribution in [1.82, 2.24) is 25.2 Å². The molecule has 2 rings (SSSR count). The van der Waals surface area contributed by atoms with Gasteiger partial charge in [0.25, 0.3) is 5.91 Å². The van der Waals surface area contributed by atoms with E-state index in [2.05, 4.69) is 15.6 Å². The van der Waals surface area contributed by atoms with Crippen LogP contribution in [0.1, 0.15) is 36.3 Å². The van der Waals surface area contributed by atoms with Crippen LogP contribution in [0.3, 0.4) is 0 Å². The van der Waals surface area contributed by atoms with Crippen molar-refractivity contribution in [2.75, 3.05) is 26.7 Å². The highest BCUT2D eigenvalue weighted by atomic mass is 16.3. The molecule has 1 aromatic heterocycles. The minimum atomic E-state index is -0.225. The molecule has 1 unspecified atom stereocenters. The zero-order valence-electron chi connectivity index (χ0n) is 11.4. The van der Waals surface area contributed by atoms with E-state index in [0.29, 0.717) is 11.7 Å². The first-order chi connectivity index (χ1) is 9.13. The van der Waals surface area contributed by atoms with Gasteiger partial charge in [0.1, 0.15) is 0 Å².